The molecular weight excluding hydrogens is 1370 g/mol. The molecule has 0 aliphatic carbocycles. The minimum Gasteiger partial charge on any atom is -0.445 e. The summed E-state index contributed by atoms with van der Waals surface area (Å²) < 4.78 is 466. The minimum atomic E-state index is -7.78. The predicted octanol–water partition coefficient (Wildman–Crippen LogP) is 14.6. The summed E-state index contributed by atoms with van der Waals surface area (Å²) >= 11 is 0. The van der Waals surface area contributed by atoms with Crippen molar-refractivity contribution in [3.63, 3.8) is 0 Å². The summed E-state index contributed by atoms with van der Waals surface area (Å²) in [5, 5.41) is 1.58. The van der Waals surface area contributed by atoms with Gasteiger partial charge in [0.1, 0.15) is 69.8 Å². The second-order valence-electron chi connectivity index (χ2n) is 20.0. The summed E-state index contributed by atoms with van der Waals surface area (Å²) in [7, 11) is 0. The Balaban J connectivity index is 0.000000618. The Morgan fingerprint density at radius 1 is 0.239 bits per heavy atom. The van der Waals surface area contributed by atoms with Crippen LogP contribution in [0.1, 0.15) is 55.6 Å². The summed E-state index contributed by atoms with van der Waals surface area (Å²) in [5.74, 6) is -116. The van der Waals surface area contributed by atoms with Crippen molar-refractivity contribution >= 4 is 45.5 Å². The molecule has 3 nitrogen and oxygen atoms in total. The summed E-state index contributed by atoms with van der Waals surface area (Å²) in [6, 6.07) is 0. The third-order valence-electron chi connectivity index (χ3n) is 15.9. The molecule has 0 atom stereocenters. The molecule has 0 aliphatic rings. The molecule has 0 fully saturated rings. The van der Waals surface area contributed by atoms with E-state index in [0.29, 0.717) is 0 Å². The van der Waals surface area contributed by atoms with Gasteiger partial charge in [0.2, 0.25) is 5.34 Å². The average Bonchev–Trinajstić information content (AvgIpc) is 0.811. The van der Waals surface area contributed by atoms with Crippen LogP contribution in [0.3, 0.4) is 0 Å². The zero-order chi connectivity index (χ0) is 69.7. The van der Waals surface area contributed by atoms with Crippen LogP contribution in [-0.4, -0.2) is 12.7 Å². The van der Waals surface area contributed by atoms with Crippen LogP contribution >= 0.6 is 0 Å². The van der Waals surface area contributed by atoms with Crippen molar-refractivity contribution in [3.05, 3.63) is 235 Å². The van der Waals surface area contributed by atoms with E-state index in [0.717, 1.165) is 0 Å². The number of hydrogen-bond donors (Lipinski definition) is 0. The first-order valence-corrected chi connectivity index (χ1v) is 24.7. The summed E-state index contributed by atoms with van der Waals surface area (Å²) in [4.78, 5) is 0. The molecule has 36 heteroatoms. The summed E-state index contributed by atoms with van der Waals surface area (Å²) in [6.45, 7) is 22.0. The molecule has 496 valence electrons. The van der Waals surface area contributed by atoms with E-state index in [1.807, 2.05) is 0 Å². The molecule has 0 saturated carbocycles. The van der Waals surface area contributed by atoms with Crippen LogP contribution in [0.4, 0.5) is 132 Å². The predicted molar refractivity (Wildman–Crippen MR) is 265 cm³/mol. The van der Waals surface area contributed by atoms with Crippen molar-refractivity contribution in [2.75, 3.05) is 0 Å². The van der Waals surface area contributed by atoms with Crippen molar-refractivity contribution in [1.29, 1.82) is 0 Å². The van der Waals surface area contributed by atoms with Gasteiger partial charge in [0.05, 0.1) is 0 Å². The molecule has 0 unspecified atom stereocenters. The largest absolute Gasteiger partial charge is 3.00 e. The monoisotopic (exact) mass is 1400 g/mol. The van der Waals surface area contributed by atoms with Crippen LogP contribution < -0.4 is 32.8 Å². The molecule has 0 amide bonds. The van der Waals surface area contributed by atoms with E-state index in [1.54, 1.807) is 5.34 Å². The van der Waals surface area contributed by atoms with Crippen LogP contribution in [-0.2, 0) is 21.5 Å². The first kappa shape index (κ1) is 74.7. The van der Waals surface area contributed by atoms with Crippen LogP contribution in [0, 0.1) is 248 Å². The third-order valence-corrected chi connectivity index (χ3v) is 15.9. The first-order chi connectivity index (χ1) is 41.9. The maximum Gasteiger partial charge on any atom is 3.00 e. The average molecular weight is 1400 g/mol. The van der Waals surface area contributed by atoms with Crippen molar-refractivity contribution < 1.29 is 153 Å². The molecule has 0 aromatic heterocycles. The van der Waals surface area contributed by atoms with Gasteiger partial charge < -0.3 is 9.21 Å². The number of nitrogens with zero attached hydrogens (tertiary/aromatic N) is 1. The Bertz CT molecular complexity index is 3700. The van der Waals surface area contributed by atoms with Gasteiger partial charge in [-0.3, -0.25) is 0 Å². The van der Waals surface area contributed by atoms with Crippen LogP contribution in [0.2, 0.25) is 0 Å². The Morgan fingerprint density at radius 3 is 0.500 bits per heavy atom. The quantitative estimate of drug-likeness (QED) is 0.0270. The van der Waals surface area contributed by atoms with Crippen LogP contribution in [0.25, 0.3) is 0 Å². The van der Waals surface area contributed by atoms with Gasteiger partial charge in [0.15, 0.2) is 105 Å². The van der Waals surface area contributed by atoms with E-state index in [4.69, 9.17) is 0 Å². The Hall–Kier alpha value is -8.04. The molecule has 0 radical (unpaired) electrons. The maximum absolute atomic E-state index is 16.0. The van der Waals surface area contributed by atoms with E-state index in [-0.39, 0.29) is 16.8 Å². The van der Waals surface area contributed by atoms with Crippen LogP contribution in [0.5, 0.6) is 0 Å². The molecule has 0 aliphatic heterocycles. The van der Waals surface area contributed by atoms with Crippen molar-refractivity contribution in [2.24, 2.45) is 5.34 Å². The fourth-order valence-electron chi connectivity index (χ4n) is 10.0. The molecule has 0 bridgehead atoms. The Labute approximate surface area is 506 Å². The number of rotatable bonds is 9. The fraction of sp³-hybridized carbons (Fsp3) is 0.179. The van der Waals surface area contributed by atoms with Gasteiger partial charge in [-0.05, 0) is 32.8 Å². The van der Waals surface area contributed by atoms with E-state index >= 15 is 105 Å². The SMILES string of the molecule is Cc1c(C)c(C)[c-](C)c1C.Cc1c(C)c(C)[c-](C)c1C.Fc1c(F)c(F)c([B-](ON=[O+][B-](c2c(F)c(F)c(F)c(F)c2F)(c2c(F)c(F)c(F)c(F)c2F)c2c(F)c(F)c(F)c(F)c2F)(c2c(F)c(F)c(F)c(F)c2F)c2c(F)c(F)c(F)c(F)c2F)c(F)c1F.[Co+3]. The van der Waals surface area contributed by atoms with Crippen molar-refractivity contribution in [3.8, 4) is 0 Å². The molecular formula is C56H30B2CoF30NO2. The zero-order valence-electron chi connectivity index (χ0n) is 47.1. The third kappa shape index (κ3) is 11.1. The molecule has 8 aromatic carbocycles. The second kappa shape index (κ2) is 26.5. The summed E-state index contributed by atoms with van der Waals surface area (Å²) in [6.07, 6.45) is -15.6. The second-order valence-corrected chi connectivity index (χ2v) is 20.0. The molecule has 8 aromatic rings. The number of halogens is 30. The smallest absolute Gasteiger partial charge is 0.445 e. The molecule has 0 spiro atoms. The van der Waals surface area contributed by atoms with Gasteiger partial charge in [-0.1, -0.05) is 69.2 Å². The van der Waals surface area contributed by atoms with E-state index in [1.165, 1.54) is 55.6 Å². The van der Waals surface area contributed by atoms with Gasteiger partial charge in [-0.2, -0.15) is 55.6 Å². The van der Waals surface area contributed by atoms with Gasteiger partial charge in [-0.15, -0.1) is 0 Å². The topological polar surface area (TPSA) is 32.9 Å². The fourth-order valence-corrected chi connectivity index (χ4v) is 10.0. The van der Waals surface area contributed by atoms with E-state index in [9.17, 15) is 26.3 Å². The number of benzene rings is 6. The molecule has 92 heavy (non-hydrogen) atoms. The van der Waals surface area contributed by atoms with Gasteiger partial charge >= 0.3 is 29.5 Å². The molecule has 8 rings (SSSR count). The zero-order valence-corrected chi connectivity index (χ0v) is 48.1. The van der Waals surface area contributed by atoms with Crippen molar-refractivity contribution in [1.82, 2.24) is 0 Å². The van der Waals surface area contributed by atoms with E-state index in [2.05, 4.69) is 78.4 Å². The van der Waals surface area contributed by atoms with Crippen molar-refractivity contribution in [2.45, 2.75) is 69.2 Å². The standard InChI is InChI=1S/C36B2F30NO2.2C10H15.Co/c39-7-1(8(40)20(52)31(63)19(7)51)37(2-9(41)21(53)32(64)22(54)10(2)42,3-11(43)23(55)33(65)24(56)12(3)44)70-69-71-38(4-13(45)25(57)34(66)26(58)14(4)46,5-15(47)27(59)35(67)28(60)16(5)48)6-17(49)29(61)36(68)30(62)18(6)50;2*1-6-7(2)9(4)10(5)8(6)3;/h;2*1-5H3;/q3*-1;+3. The molecule has 0 N–H and O–H groups in total. The van der Waals surface area contributed by atoms with E-state index < -0.39 is 220 Å². The van der Waals surface area contributed by atoms with Gasteiger partial charge in [0.25, 0.3) is 0 Å². The van der Waals surface area contributed by atoms with Gasteiger partial charge in [0, 0.05) is 0 Å². The maximum atomic E-state index is 16.0. The molecule has 0 heterocycles. The Morgan fingerprint density at radius 2 is 0.370 bits per heavy atom. The Kier molecular flexibility index (Phi) is 21.5. The van der Waals surface area contributed by atoms with Gasteiger partial charge in [-0.25, -0.2) is 132 Å². The summed E-state index contributed by atoms with van der Waals surface area (Å²) in [5.41, 5.74) is -8.98. The number of hydrogen-bond acceptors (Lipinski definition) is 2. The normalized spacial score (nSPS) is 11.8. The minimum absolute atomic E-state index is 0. The first-order valence-electron chi connectivity index (χ1n) is 24.7. The van der Waals surface area contributed by atoms with Crippen LogP contribution in [0.15, 0.2) is 5.34 Å². The molecule has 0 saturated heterocycles.